The van der Waals surface area contributed by atoms with E-state index in [1.165, 1.54) is 23.1 Å². The minimum atomic E-state index is -1.27. The summed E-state index contributed by atoms with van der Waals surface area (Å²) in [5.74, 6) is 2.02. The molecule has 2 aliphatic rings. The molecule has 0 bridgehead atoms. The Balaban J connectivity index is 0.000000178. The molecule has 7 heterocycles. The largest absolute Gasteiger partial charge is 0.497 e. The number of carboxylic acid groups (broad SMARTS) is 2. The second-order valence-corrected chi connectivity index (χ2v) is 20.8. The average Bonchev–Trinajstić information content (AvgIpc) is 3.94. The highest BCUT2D eigenvalue weighted by molar-refractivity contribution is 8.03. The molecule has 82 heavy (non-hydrogen) atoms. The van der Waals surface area contributed by atoms with E-state index < -0.39 is 30.1 Å². The van der Waals surface area contributed by atoms with Crippen LogP contribution in [0.25, 0.3) is 22.1 Å². The van der Waals surface area contributed by atoms with Crippen molar-refractivity contribution in [2.75, 3.05) is 70.3 Å². The zero-order valence-corrected chi connectivity index (χ0v) is 47.5. The maximum Gasteiger partial charge on any atom is 0.326 e. The molecule has 5 aromatic heterocycles. The van der Waals surface area contributed by atoms with E-state index in [-0.39, 0.29) is 35.9 Å². The number of fused-ring (bicyclic) bond motifs is 2. The summed E-state index contributed by atoms with van der Waals surface area (Å²) in [4.78, 5) is 65.2. The standard InChI is InChI=1S/C18H22N6O3.C18H23N5O6S2.C17H19N5O2/c1-9-10(8-22-17-14(9)16(19)23-18(20)24-17)7-21-11-5-12(25-2)15(27-4)13(6-11)26-3;19-18-22-14-13(16(27)23-18)31-9(7-20-14)2-1-8-3-5-11(30-8)15(26)21-10(17(28)29)4-6-12(24)25;1-9-11(6-10-7-12(23-2)4-5-13(10)24-3)8-20-16-14(9)15(18)21-17(19)22-16/h5-6,8,21H,7H2,1-4H3,(H4,19,20,22,23,24);3,5,9-10,16,20,27H,1-2,4,6-7H2,(H,21,26)(H,24,25)(H,28,29)(H3,19,22,23);4-5,7-8H,6H2,1-3H3,(H4,18,19,20,21,22)/t;9-,10+,16?;/m.1./s1. The molecule has 0 radical (unpaired) electrons. The number of aliphatic imine (C=N–C) groups is 1. The summed E-state index contributed by atoms with van der Waals surface area (Å²) < 4.78 is 26.8. The molecular weight excluding hydrogens is 1100 g/mol. The van der Waals surface area contributed by atoms with E-state index in [2.05, 4.69) is 56.2 Å². The van der Waals surface area contributed by atoms with Gasteiger partial charge in [0.1, 0.15) is 35.0 Å². The molecule has 2 aromatic carbocycles. The van der Waals surface area contributed by atoms with Crippen LogP contribution in [0.5, 0.6) is 28.7 Å². The summed E-state index contributed by atoms with van der Waals surface area (Å²) in [7, 11) is 8.00. The van der Waals surface area contributed by atoms with Gasteiger partial charge in [0.2, 0.25) is 17.6 Å². The Hall–Kier alpha value is -9.35. The van der Waals surface area contributed by atoms with Gasteiger partial charge in [0.05, 0.1) is 56.1 Å². The van der Waals surface area contributed by atoms with E-state index in [0.717, 1.165) is 61.7 Å². The number of hydrogen-bond donors (Lipinski definition) is 12. The zero-order valence-electron chi connectivity index (χ0n) is 45.8. The van der Waals surface area contributed by atoms with Crippen molar-refractivity contribution in [3.8, 4) is 28.7 Å². The predicted molar refractivity (Wildman–Crippen MR) is 313 cm³/mol. The number of aliphatic carboxylic acids is 2. The van der Waals surface area contributed by atoms with Gasteiger partial charge >= 0.3 is 11.9 Å². The molecule has 434 valence electrons. The minimum absolute atomic E-state index is 0.107. The van der Waals surface area contributed by atoms with Crippen molar-refractivity contribution in [2.45, 2.75) is 70.0 Å². The van der Waals surface area contributed by atoms with Gasteiger partial charge < -0.3 is 88.9 Å². The average molecular weight is 1170 g/mol. The number of pyridine rings is 2. The number of nitrogens with zero attached hydrogens (tertiary/aromatic N) is 7. The molecule has 27 nitrogen and oxygen atoms in total. The summed E-state index contributed by atoms with van der Waals surface area (Å²) in [5, 5.41) is 41.4. The molecule has 29 heteroatoms. The number of aliphatic hydroxyl groups excluding tert-OH is 1. The van der Waals surface area contributed by atoms with Gasteiger partial charge in [-0.2, -0.15) is 19.9 Å². The number of amides is 1. The van der Waals surface area contributed by atoms with Crippen LogP contribution in [0, 0.1) is 13.8 Å². The SMILES string of the molecule is COc1cc(NCc2cnc3nc(N)nc(N)c3c2C)cc(OC)c1OC.COc1ccc(OC)c(Cc2cnc3nc(N)nc(N)c3c2C)c1.NC1=NC(O)C2=C(NC[C@@H](CCc3ccc(C(=O)N[C@@H](CCC(=O)O)C(=O)O)s3)S2)N1. The van der Waals surface area contributed by atoms with Gasteiger partial charge in [0, 0.05) is 71.8 Å². The van der Waals surface area contributed by atoms with Crippen molar-refractivity contribution in [2.24, 2.45) is 10.7 Å². The molecular formula is C53H64N16O11S2. The number of benzene rings is 2. The lowest BCUT2D eigenvalue weighted by atomic mass is 9.99. The van der Waals surface area contributed by atoms with E-state index in [0.29, 0.717) is 87.1 Å². The number of guanidine groups is 1. The van der Waals surface area contributed by atoms with Crippen LogP contribution in [-0.2, 0) is 29.0 Å². The van der Waals surface area contributed by atoms with Crippen LogP contribution in [0.15, 0.2) is 70.6 Å². The van der Waals surface area contributed by atoms with Crippen LogP contribution in [0.1, 0.15) is 61.6 Å². The van der Waals surface area contributed by atoms with E-state index in [9.17, 15) is 24.6 Å². The number of hydrogen-bond acceptors (Lipinski definition) is 26. The monoisotopic (exact) mass is 1160 g/mol. The van der Waals surface area contributed by atoms with Crippen LogP contribution >= 0.6 is 23.1 Å². The minimum Gasteiger partial charge on any atom is -0.497 e. The van der Waals surface area contributed by atoms with Gasteiger partial charge in [-0.05, 0) is 85.7 Å². The molecule has 0 saturated carbocycles. The normalized spacial score (nSPS) is 14.7. The third-order valence-electron chi connectivity index (χ3n) is 12.9. The molecule has 17 N–H and O–H groups in total. The predicted octanol–water partition coefficient (Wildman–Crippen LogP) is 4.08. The summed E-state index contributed by atoms with van der Waals surface area (Å²) in [6, 6.07) is 11.6. The van der Waals surface area contributed by atoms with Crippen LogP contribution in [0.4, 0.5) is 29.2 Å². The highest BCUT2D eigenvalue weighted by Crippen LogP contribution is 2.40. The molecule has 1 unspecified atom stereocenters. The number of anilines is 5. The van der Waals surface area contributed by atoms with Gasteiger partial charge in [-0.15, -0.1) is 23.1 Å². The van der Waals surface area contributed by atoms with E-state index in [1.54, 1.807) is 54.0 Å². The fourth-order valence-electron chi connectivity index (χ4n) is 8.71. The Morgan fingerprint density at radius 1 is 0.768 bits per heavy atom. The number of aryl methyl sites for hydroxylation is 3. The van der Waals surface area contributed by atoms with Crippen molar-refractivity contribution in [1.82, 2.24) is 45.9 Å². The van der Waals surface area contributed by atoms with Gasteiger partial charge in [0.15, 0.2) is 35.0 Å². The number of carboxylic acids is 2. The first-order chi connectivity index (χ1) is 39.2. The second-order valence-electron chi connectivity index (χ2n) is 18.2. The Kier molecular flexibility index (Phi) is 20.0. The molecule has 9 rings (SSSR count). The van der Waals surface area contributed by atoms with Gasteiger partial charge in [-0.1, -0.05) is 0 Å². The van der Waals surface area contributed by atoms with Crippen molar-refractivity contribution in [3.05, 3.63) is 103 Å². The number of methoxy groups -OCH3 is 5. The third-order valence-corrected chi connectivity index (χ3v) is 15.5. The highest BCUT2D eigenvalue weighted by Gasteiger charge is 2.30. The number of thiophene rings is 1. The number of nitrogens with two attached hydrogens (primary N) is 5. The topological polar surface area (TPSA) is 426 Å². The lowest BCUT2D eigenvalue weighted by Crippen LogP contribution is -2.46. The maximum absolute atomic E-state index is 12.4. The third kappa shape index (κ3) is 14.7. The van der Waals surface area contributed by atoms with E-state index in [4.69, 9.17) is 57.5 Å². The van der Waals surface area contributed by atoms with Crippen molar-refractivity contribution >= 4 is 98.2 Å². The van der Waals surface area contributed by atoms with Crippen molar-refractivity contribution in [1.29, 1.82) is 0 Å². The summed E-state index contributed by atoms with van der Waals surface area (Å²) in [6.07, 6.45) is 4.12. The first-order valence-electron chi connectivity index (χ1n) is 25.1. The first-order valence-corrected chi connectivity index (χ1v) is 26.8. The molecule has 0 fully saturated rings. The van der Waals surface area contributed by atoms with Crippen LogP contribution in [0.2, 0.25) is 0 Å². The smallest absolute Gasteiger partial charge is 0.326 e. The molecule has 2 aliphatic heterocycles. The van der Waals surface area contributed by atoms with Gasteiger partial charge in [0.25, 0.3) is 5.91 Å². The lowest BCUT2D eigenvalue weighted by molar-refractivity contribution is -0.140. The number of thioether (sulfide) groups is 1. The number of ether oxygens (including phenoxy) is 5. The summed E-state index contributed by atoms with van der Waals surface area (Å²) in [6.45, 7) is 5.12. The molecule has 0 saturated heterocycles. The fraction of sp³-hybridized carbons (Fsp3) is 0.321. The lowest BCUT2D eigenvalue weighted by Gasteiger charge is -2.32. The molecule has 0 spiro atoms. The molecule has 3 atom stereocenters. The number of nitrogens with one attached hydrogen (secondary N) is 4. The number of aromatic nitrogens is 6. The summed E-state index contributed by atoms with van der Waals surface area (Å²) >= 11 is 2.80. The fourth-order valence-corrected chi connectivity index (χ4v) is 10.8. The molecule has 0 aliphatic carbocycles. The zero-order chi connectivity index (χ0) is 59.4. The quantitative estimate of drug-likeness (QED) is 0.0542. The second kappa shape index (κ2) is 27.2. The van der Waals surface area contributed by atoms with E-state index in [1.807, 2.05) is 50.2 Å². The molecule has 1 amide bonds. The Bertz CT molecular complexity index is 3540. The van der Waals surface area contributed by atoms with Crippen molar-refractivity contribution in [3.63, 3.8) is 0 Å². The van der Waals surface area contributed by atoms with E-state index >= 15 is 0 Å². The molecule has 7 aromatic rings. The van der Waals surface area contributed by atoms with Crippen LogP contribution in [-0.4, -0.2) is 129 Å². The number of aliphatic hydroxyl groups is 1. The van der Waals surface area contributed by atoms with Crippen molar-refractivity contribution < 1.29 is 53.4 Å². The number of carbonyl (C=O) groups is 3. The Morgan fingerprint density at radius 2 is 1.39 bits per heavy atom. The van der Waals surface area contributed by atoms with Gasteiger partial charge in [-0.25, -0.2) is 19.8 Å². The van der Waals surface area contributed by atoms with Crippen LogP contribution < -0.4 is 73.6 Å². The number of rotatable bonds is 19. The maximum atomic E-state index is 12.4. The Labute approximate surface area is 478 Å². The first kappa shape index (κ1) is 60.3. The number of carbonyl (C=O) groups excluding carboxylic acids is 1. The van der Waals surface area contributed by atoms with Crippen LogP contribution in [0.3, 0.4) is 0 Å². The summed E-state index contributed by atoms with van der Waals surface area (Å²) in [5.41, 5.74) is 35.6. The highest BCUT2D eigenvalue weighted by atomic mass is 32.2. The Morgan fingerprint density at radius 3 is 1.98 bits per heavy atom. The number of nitrogen functional groups attached to an aromatic ring is 4. The van der Waals surface area contributed by atoms with Gasteiger partial charge in [-0.3, -0.25) is 9.59 Å².